The fraction of sp³-hybridized carbons (Fsp3) is 0.400. The second-order valence-corrected chi connectivity index (χ2v) is 5.34. The van der Waals surface area contributed by atoms with E-state index < -0.39 is 22.1 Å². The SMILES string of the molecule is C=C(C)/C=C\C(OC(F)(F)F)=C(/C)NS(C)(=O)=O. The minimum Gasteiger partial charge on any atom is -0.404 e. The van der Waals surface area contributed by atoms with Crippen LogP contribution in [0, 0.1) is 0 Å². The maximum absolute atomic E-state index is 12.1. The molecule has 0 rings (SSSR count). The van der Waals surface area contributed by atoms with Gasteiger partial charge in [-0.05, 0) is 19.9 Å². The Morgan fingerprint density at radius 3 is 2.11 bits per heavy atom. The van der Waals surface area contributed by atoms with Crippen molar-refractivity contribution in [3.63, 3.8) is 0 Å². The molecule has 0 radical (unpaired) electrons. The lowest BCUT2D eigenvalue weighted by atomic mass is 10.3. The second-order valence-electron chi connectivity index (χ2n) is 3.59. The lowest BCUT2D eigenvalue weighted by molar-refractivity contribution is -0.303. The van der Waals surface area contributed by atoms with Crippen molar-refractivity contribution < 1.29 is 26.3 Å². The first kappa shape index (κ1) is 16.6. The van der Waals surface area contributed by atoms with Crippen molar-refractivity contribution in [1.29, 1.82) is 0 Å². The topological polar surface area (TPSA) is 55.4 Å². The average molecular weight is 285 g/mol. The van der Waals surface area contributed by atoms with E-state index >= 15 is 0 Å². The Labute approximate surface area is 104 Å². The molecule has 0 saturated carbocycles. The van der Waals surface area contributed by atoms with Crippen molar-refractivity contribution in [3.05, 3.63) is 35.8 Å². The van der Waals surface area contributed by atoms with E-state index in [4.69, 9.17) is 0 Å². The molecule has 104 valence electrons. The van der Waals surface area contributed by atoms with E-state index in [0.717, 1.165) is 19.3 Å². The molecule has 0 aromatic rings. The van der Waals surface area contributed by atoms with Crippen molar-refractivity contribution in [2.45, 2.75) is 20.2 Å². The number of allylic oxidation sites excluding steroid dienone is 4. The molecule has 1 N–H and O–H groups in total. The molecule has 0 aliphatic carbocycles. The first-order valence-electron chi connectivity index (χ1n) is 4.69. The van der Waals surface area contributed by atoms with Crippen LogP contribution in [-0.4, -0.2) is 21.0 Å². The normalized spacial score (nSPS) is 14.3. The molecule has 0 aromatic carbocycles. The molecule has 0 spiro atoms. The Kier molecular flexibility index (Phi) is 5.47. The summed E-state index contributed by atoms with van der Waals surface area (Å²) in [6, 6.07) is 0. The fourth-order valence-corrected chi connectivity index (χ4v) is 1.56. The molecule has 0 unspecified atom stereocenters. The van der Waals surface area contributed by atoms with Crippen molar-refractivity contribution in [2.24, 2.45) is 0 Å². The van der Waals surface area contributed by atoms with Gasteiger partial charge in [-0.2, -0.15) is 0 Å². The van der Waals surface area contributed by atoms with Crippen molar-refractivity contribution in [2.75, 3.05) is 6.26 Å². The number of hydrogen-bond donors (Lipinski definition) is 1. The largest absolute Gasteiger partial charge is 0.573 e. The third-order valence-electron chi connectivity index (χ3n) is 1.45. The standard InChI is InChI=1S/C10H14F3NO3S/c1-7(2)5-6-9(17-10(11,12)13)8(3)14-18(4,15)16/h5-6,14H,1H2,2-4H3/b6-5-,9-8-. The zero-order valence-electron chi connectivity index (χ0n) is 10.1. The molecule has 0 amide bonds. The quantitative estimate of drug-likeness (QED) is 0.623. The van der Waals surface area contributed by atoms with Crippen LogP contribution in [-0.2, 0) is 14.8 Å². The summed E-state index contributed by atoms with van der Waals surface area (Å²) in [5.41, 5.74) is 0.220. The van der Waals surface area contributed by atoms with Gasteiger partial charge in [-0.3, -0.25) is 4.72 Å². The predicted octanol–water partition coefficient (Wildman–Crippen LogP) is 2.44. The average Bonchev–Trinajstić information content (AvgIpc) is 2.06. The van der Waals surface area contributed by atoms with E-state index in [-0.39, 0.29) is 5.70 Å². The predicted molar refractivity (Wildman–Crippen MR) is 61.8 cm³/mol. The Bertz CT molecular complexity index is 475. The van der Waals surface area contributed by atoms with Crippen LogP contribution in [0.5, 0.6) is 0 Å². The van der Waals surface area contributed by atoms with Gasteiger partial charge in [-0.1, -0.05) is 18.2 Å². The van der Waals surface area contributed by atoms with Crippen LogP contribution in [0.4, 0.5) is 13.2 Å². The molecule has 0 aliphatic heterocycles. The molecule has 0 fully saturated rings. The molecule has 0 bridgehead atoms. The van der Waals surface area contributed by atoms with Gasteiger partial charge in [0, 0.05) is 0 Å². The van der Waals surface area contributed by atoms with Gasteiger partial charge in [0.15, 0.2) is 0 Å². The summed E-state index contributed by atoms with van der Waals surface area (Å²) >= 11 is 0. The lowest BCUT2D eigenvalue weighted by Gasteiger charge is -2.13. The number of ether oxygens (including phenoxy) is 1. The summed E-state index contributed by atoms with van der Waals surface area (Å²) in [6.45, 7) is 6.20. The van der Waals surface area contributed by atoms with Crippen LogP contribution in [0.15, 0.2) is 35.8 Å². The monoisotopic (exact) mass is 285 g/mol. The van der Waals surface area contributed by atoms with E-state index in [0.29, 0.717) is 5.57 Å². The summed E-state index contributed by atoms with van der Waals surface area (Å²) in [7, 11) is -3.67. The van der Waals surface area contributed by atoms with Crippen molar-refractivity contribution in [1.82, 2.24) is 4.72 Å². The van der Waals surface area contributed by atoms with Crippen LogP contribution in [0.25, 0.3) is 0 Å². The third kappa shape index (κ3) is 8.68. The summed E-state index contributed by atoms with van der Waals surface area (Å²) in [5.74, 6) is -0.643. The minimum atomic E-state index is -4.91. The maximum Gasteiger partial charge on any atom is 0.573 e. The van der Waals surface area contributed by atoms with E-state index in [1.165, 1.54) is 6.08 Å². The summed E-state index contributed by atoms with van der Waals surface area (Å²) < 4.78 is 63.9. The number of rotatable bonds is 5. The van der Waals surface area contributed by atoms with Gasteiger partial charge in [0.2, 0.25) is 10.0 Å². The van der Waals surface area contributed by atoms with Crippen LogP contribution >= 0.6 is 0 Å². The van der Waals surface area contributed by atoms with Gasteiger partial charge >= 0.3 is 6.36 Å². The van der Waals surface area contributed by atoms with Gasteiger partial charge in [0.1, 0.15) is 5.76 Å². The molecule has 0 saturated heterocycles. The van der Waals surface area contributed by atoms with Gasteiger partial charge in [0.25, 0.3) is 0 Å². The molecule has 18 heavy (non-hydrogen) atoms. The number of sulfonamides is 1. The van der Waals surface area contributed by atoms with E-state index in [9.17, 15) is 21.6 Å². The number of nitrogens with one attached hydrogen (secondary N) is 1. The Hall–Kier alpha value is -1.44. The number of halogens is 3. The smallest absolute Gasteiger partial charge is 0.404 e. The van der Waals surface area contributed by atoms with Gasteiger partial charge in [-0.25, -0.2) is 8.42 Å². The molecule has 0 aliphatic rings. The summed E-state index contributed by atoms with van der Waals surface area (Å²) in [5, 5.41) is 0. The maximum atomic E-state index is 12.1. The zero-order valence-corrected chi connectivity index (χ0v) is 10.9. The van der Waals surface area contributed by atoms with Crippen LogP contribution < -0.4 is 4.72 Å². The first-order valence-corrected chi connectivity index (χ1v) is 6.58. The Morgan fingerprint density at radius 2 is 1.78 bits per heavy atom. The molecule has 0 atom stereocenters. The molecule has 4 nitrogen and oxygen atoms in total. The van der Waals surface area contributed by atoms with Crippen molar-refractivity contribution in [3.8, 4) is 0 Å². The molecular weight excluding hydrogens is 271 g/mol. The molecule has 0 aromatic heterocycles. The highest BCUT2D eigenvalue weighted by Crippen LogP contribution is 2.23. The molecule has 8 heteroatoms. The number of alkyl halides is 3. The van der Waals surface area contributed by atoms with Gasteiger partial charge < -0.3 is 4.74 Å². The highest BCUT2D eigenvalue weighted by atomic mass is 32.2. The minimum absolute atomic E-state index is 0.271. The summed E-state index contributed by atoms with van der Waals surface area (Å²) in [4.78, 5) is 0. The van der Waals surface area contributed by atoms with E-state index in [1.807, 2.05) is 4.72 Å². The Morgan fingerprint density at radius 1 is 1.28 bits per heavy atom. The molecule has 0 heterocycles. The highest BCUT2D eigenvalue weighted by Gasteiger charge is 2.32. The van der Waals surface area contributed by atoms with Crippen LogP contribution in [0.1, 0.15) is 13.8 Å². The summed E-state index contributed by atoms with van der Waals surface area (Å²) in [6.07, 6.45) is -1.82. The fourth-order valence-electron chi connectivity index (χ4n) is 0.907. The van der Waals surface area contributed by atoms with E-state index in [2.05, 4.69) is 11.3 Å². The van der Waals surface area contributed by atoms with Gasteiger partial charge in [-0.15, -0.1) is 13.2 Å². The van der Waals surface area contributed by atoms with E-state index in [1.54, 1.807) is 6.92 Å². The first-order chi connectivity index (χ1) is 7.91. The third-order valence-corrected chi connectivity index (χ3v) is 2.13. The molecular formula is C10H14F3NO3S. The number of hydrogen-bond acceptors (Lipinski definition) is 3. The lowest BCUT2D eigenvalue weighted by Crippen LogP contribution is -2.23. The zero-order chi connectivity index (χ0) is 14.6. The van der Waals surface area contributed by atoms with Gasteiger partial charge in [0.05, 0.1) is 12.0 Å². The van der Waals surface area contributed by atoms with Crippen LogP contribution in [0.3, 0.4) is 0 Å². The highest BCUT2D eigenvalue weighted by molar-refractivity contribution is 7.88. The second kappa shape index (κ2) is 5.94. The Balaban J connectivity index is 5.31. The van der Waals surface area contributed by atoms with Crippen LogP contribution in [0.2, 0.25) is 0 Å². The van der Waals surface area contributed by atoms with Crippen molar-refractivity contribution >= 4 is 10.0 Å².